The summed E-state index contributed by atoms with van der Waals surface area (Å²) < 4.78 is 107. The van der Waals surface area contributed by atoms with Gasteiger partial charge in [-0.05, 0) is 133 Å². The first kappa shape index (κ1) is 42.2. The zero-order chi connectivity index (χ0) is 41.2. The highest BCUT2D eigenvalue weighted by Crippen LogP contribution is 2.47. The highest BCUT2D eigenvalue weighted by Gasteiger charge is 2.24. The monoisotopic (exact) mass is 900 g/mol. The molecule has 0 aliphatic heterocycles. The van der Waals surface area contributed by atoms with Crippen molar-refractivity contribution in [2.24, 2.45) is 0 Å². The standard InChI is InChI=1S/C28H20F6O2.C16H16Br2O2/c1-13-17(15-9-19(29)27(33)20(30)10-15)5-7-23(35-3)25(13)26-14(2)18(6-8-24(26)36-4)16-11-21(31)28(34)22(32)12-16;1-9-11(17)5-7-13(19-3)15(9)16-10(2)12(18)6-8-14(16)20-4/h5-12H,1-4H3;5-8H,1-4H3. The lowest BCUT2D eigenvalue weighted by Crippen LogP contribution is -2.01. The molecule has 0 atom stereocenters. The molecule has 0 amide bonds. The molecule has 0 heterocycles. The molecule has 292 valence electrons. The molecular weight excluding hydrogens is 866 g/mol. The zero-order valence-electron chi connectivity index (χ0n) is 31.6. The molecule has 0 aliphatic rings. The minimum Gasteiger partial charge on any atom is -0.496 e. The lowest BCUT2D eigenvalue weighted by Gasteiger charge is -2.22. The zero-order valence-corrected chi connectivity index (χ0v) is 34.8. The molecule has 6 aromatic rings. The lowest BCUT2D eigenvalue weighted by molar-refractivity contribution is 0.409. The molecule has 0 unspecified atom stereocenters. The Kier molecular flexibility index (Phi) is 13.2. The van der Waals surface area contributed by atoms with Crippen LogP contribution in [0.1, 0.15) is 22.3 Å². The number of hydrogen-bond acceptors (Lipinski definition) is 4. The largest absolute Gasteiger partial charge is 0.496 e. The van der Waals surface area contributed by atoms with Crippen LogP contribution in [0.2, 0.25) is 0 Å². The summed E-state index contributed by atoms with van der Waals surface area (Å²) in [6.45, 7) is 7.52. The van der Waals surface area contributed by atoms with Crippen LogP contribution in [-0.2, 0) is 0 Å². The van der Waals surface area contributed by atoms with Crippen molar-refractivity contribution in [1.29, 1.82) is 0 Å². The molecular formula is C44H36Br2F6O4. The fourth-order valence-corrected chi connectivity index (χ4v) is 7.33. The molecule has 0 aliphatic carbocycles. The number of benzene rings is 6. The Morgan fingerprint density at radius 1 is 0.375 bits per heavy atom. The van der Waals surface area contributed by atoms with E-state index in [1.807, 2.05) is 24.3 Å². The average molecular weight is 903 g/mol. The van der Waals surface area contributed by atoms with E-state index < -0.39 is 34.9 Å². The molecule has 6 rings (SSSR count). The third kappa shape index (κ3) is 7.99. The van der Waals surface area contributed by atoms with Crippen molar-refractivity contribution in [3.05, 3.63) is 139 Å². The summed E-state index contributed by atoms with van der Waals surface area (Å²) >= 11 is 7.18. The van der Waals surface area contributed by atoms with Gasteiger partial charge in [0.1, 0.15) is 23.0 Å². The fourth-order valence-electron chi connectivity index (χ4n) is 6.67. The van der Waals surface area contributed by atoms with Crippen molar-refractivity contribution in [3.8, 4) is 67.5 Å². The van der Waals surface area contributed by atoms with Crippen molar-refractivity contribution in [1.82, 2.24) is 0 Å². The summed E-state index contributed by atoms with van der Waals surface area (Å²) in [6, 6.07) is 17.8. The first-order valence-corrected chi connectivity index (χ1v) is 18.5. The van der Waals surface area contributed by atoms with Gasteiger partial charge in [-0.15, -0.1) is 0 Å². The second kappa shape index (κ2) is 17.5. The molecule has 0 aromatic heterocycles. The Balaban J connectivity index is 0.000000253. The second-order valence-corrected chi connectivity index (χ2v) is 14.3. The maximum absolute atomic E-state index is 14.0. The molecule has 0 bridgehead atoms. The van der Waals surface area contributed by atoms with E-state index in [1.165, 1.54) is 14.2 Å². The van der Waals surface area contributed by atoms with E-state index in [0.717, 1.165) is 67.0 Å². The first-order chi connectivity index (χ1) is 26.6. The van der Waals surface area contributed by atoms with Crippen LogP contribution >= 0.6 is 31.9 Å². The minimum absolute atomic E-state index is 0.100. The Labute approximate surface area is 338 Å². The molecule has 0 saturated heterocycles. The van der Waals surface area contributed by atoms with Gasteiger partial charge in [-0.1, -0.05) is 44.0 Å². The van der Waals surface area contributed by atoms with Crippen molar-refractivity contribution in [3.63, 3.8) is 0 Å². The Bertz CT molecular complexity index is 2250. The summed E-state index contributed by atoms with van der Waals surface area (Å²) in [5, 5.41) is 0. The van der Waals surface area contributed by atoms with Gasteiger partial charge in [0.05, 0.1) is 28.4 Å². The van der Waals surface area contributed by atoms with Crippen LogP contribution < -0.4 is 18.9 Å². The fraction of sp³-hybridized carbons (Fsp3) is 0.182. The van der Waals surface area contributed by atoms with Crippen LogP contribution in [0.25, 0.3) is 44.5 Å². The van der Waals surface area contributed by atoms with E-state index in [0.29, 0.717) is 44.9 Å². The maximum atomic E-state index is 14.0. The Hall–Kier alpha value is -4.94. The molecule has 6 aromatic carbocycles. The van der Waals surface area contributed by atoms with Crippen LogP contribution in [0, 0.1) is 62.6 Å². The molecule has 0 radical (unpaired) electrons. The summed E-state index contributed by atoms with van der Waals surface area (Å²) in [4.78, 5) is 0. The Morgan fingerprint density at radius 3 is 0.893 bits per heavy atom. The number of hydrogen-bond donors (Lipinski definition) is 0. The summed E-state index contributed by atoms with van der Waals surface area (Å²) in [6.07, 6.45) is 0. The highest BCUT2D eigenvalue weighted by atomic mass is 79.9. The van der Waals surface area contributed by atoms with Gasteiger partial charge in [0.25, 0.3) is 0 Å². The van der Waals surface area contributed by atoms with Crippen molar-refractivity contribution in [2.45, 2.75) is 27.7 Å². The van der Waals surface area contributed by atoms with Gasteiger partial charge >= 0.3 is 0 Å². The molecule has 0 spiro atoms. The van der Waals surface area contributed by atoms with E-state index in [9.17, 15) is 26.3 Å². The van der Waals surface area contributed by atoms with Crippen LogP contribution in [0.15, 0.2) is 81.7 Å². The van der Waals surface area contributed by atoms with Gasteiger partial charge in [0.2, 0.25) is 0 Å². The Morgan fingerprint density at radius 2 is 0.625 bits per heavy atom. The predicted octanol–water partition coefficient (Wildman–Crippen LogP) is 13.7. The molecule has 4 nitrogen and oxygen atoms in total. The third-order valence-electron chi connectivity index (χ3n) is 9.54. The summed E-state index contributed by atoms with van der Waals surface area (Å²) in [5.74, 6) is -6.05. The van der Waals surface area contributed by atoms with E-state index in [1.54, 1.807) is 52.3 Å². The van der Waals surface area contributed by atoms with Gasteiger partial charge in [-0.25, -0.2) is 26.3 Å². The normalized spacial score (nSPS) is 10.9. The smallest absolute Gasteiger partial charge is 0.194 e. The first-order valence-electron chi connectivity index (χ1n) is 16.9. The van der Waals surface area contributed by atoms with E-state index in [4.69, 9.17) is 18.9 Å². The lowest BCUT2D eigenvalue weighted by atomic mass is 9.86. The van der Waals surface area contributed by atoms with Gasteiger partial charge in [-0.2, -0.15) is 0 Å². The number of halogens is 8. The highest BCUT2D eigenvalue weighted by molar-refractivity contribution is 9.10. The summed E-state index contributed by atoms with van der Waals surface area (Å²) in [7, 11) is 6.25. The van der Waals surface area contributed by atoms with Gasteiger partial charge in [0.15, 0.2) is 34.9 Å². The maximum Gasteiger partial charge on any atom is 0.194 e. The average Bonchev–Trinajstić information content (AvgIpc) is 3.18. The van der Waals surface area contributed by atoms with Crippen LogP contribution in [0.3, 0.4) is 0 Å². The van der Waals surface area contributed by atoms with Crippen LogP contribution in [0.4, 0.5) is 26.3 Å². The summed E-state index contributed by atoms with van der Waals surface area (Å²) in [5.41, 5.74) is 7.38. The second-order valence-electron chi connectivity index (χ2n) is 12.6. The van der Waals surface area contributed by atoms with E-state index in [2.05, 4.69) is 45.7 Å². The van der Waals surface area contributed by atoms with Crippen molar-refractivity contribution < 1.29 is 45.3 Å². The van der Waals surface area contributed by atoms with Gasteiger partial charge < -0.3 is 18.9 Å². The SMILES string of the molecule is COc1ccc(-c2cc(F)c(F)c(F)c2)c(C)c1-c1c(OC)ccc(-c2cc(F)c(F)c(F)c2)c1C.COc1ccc(Br)c(C)c1-c1c(OC)ccc(Br)c1C. The minimum atomic E-state index is -1.57. The molecule has 56 heavy (non-hydrogen) atoms. The third-order valence-corrected chi connectivity index (χ3v) is 11.3. The van der Waals surface area contributed by atoms with E-state index >= 15 is 0 Å². The van der Waals surface area contributed by atoms with Gasteiger partial charge in [0, 0.05) is 31.2 Å². The topological polar surface area (TPSA) is 36.9 Å². The van der Waals surface area contributed by atoms with Crippen molar-refractivity contribution in [2.75, 3.05) is 28.4 Å². The number of methoxy groups -OCH3 is 4. The van der Waals surface area contributed by atoms with Crippen molar-refractivity contribution >= 4 is 31.9 Å². The van der Waals surface area contributed by atoms with E-state index in [-0.39, 0.29) is 11.1 Å². The van der Waals surface area contributed by atoms with Gasteiger partial charge in [-0.3, -0.25) is 0 Å². The molecule has 0 saturated carbocycles. The number of rotatable bonds is 8. The molecule has 0 N–H and O–H groups in total. The predicted molar refractivity (Wildman–Crippen MR) is 215 cm³/mol. The van der Waals surface area contributed by atoms with Crippen LogP contribution in [-0.4, -0.2) is 28.4 Å². The molecule has 12 heteroatoms. The quantitative estimate of drug-likeness (QED) is 0.113. The molecule has 0 fully saturated rings. The van der Waals surface area contributed by atoms with Crippen LogP contribution in [0.5, 0.6) is 23.0 Å². The number of ether oxygens (including phenoxy) is 4.